The molecule has 0 aliphatic rings. The lowest BCUT2D eigenvalue weighted by Gasteiger charge is -2.08. The number of rotatable bonds is 6. The summed E-state index contributed by atoms with van der Waals surface area (Å²) in [5.74, 6) is 0.413. The molecule has 0 radical (unpaired) electrons. The van der Waals surface area contributed by atoms with Gasteiger partial charge in [-0.05, 0) is 18.6 Å². The molecule has 5 heteroatoms. The predicted octanol–water partition coefficient (Wildman–Crippen LogP) is 0.719. The minimum Gasteiger partial charge on any atom is -0.484 e. The van der Waals surface area contributed by atoms with Crippen LogP contribution in [-0.4, -0.2) is 32.8 Å². The molecule has 94 valence electrons. The molecule has 0 unspecified atom stereocenters. The molecule has 3 N–H and O–H groups in total. The Morgan fingerprint density at radius 2 is 2.24 bits per heavy atom. The molecule has 0 bridgehead atoms. The number of amides is 1. The highest BCUT2D eigenvalue weighted by molar-refractivity contribution is 5.77. The van der Waals surface area contributed by atoms with Crippen molar-refractivity contribution in [1.29, 1.82) is 0 Å². The first kappa shape index (κ1) is 13.3. The Kier molecular flexibility index (Phi) is 5.29. The second-order valence-corrected chi connectivity index (χ2v) is 3.65. The number of nitrogens with one attached hydrogen (secondary N) is 1. The molecule has 0 saturated carbocycles. The third-order valence-corrected chi connectivity index (χ3v) is 2.25. The van der Waals surface area contributed by atoms with Gasteiger partial charge in [0.2, 0.25) is 0 Å². The van der Waals surface area contributed by atoms with E-state index in [0.29, 0.717) is 24.6 Å². The average Bonchev–Trinajstić information content (AvgIpc) is 2.31. The number of nitrogen functional groups attached to an aromatic ring is 1. The molecule has 0 atom stereocenters. The van der Waals surface area contributed by atoms with E-state index >= 15 is 0 Å². The molecule has 0 fully saturated rings. The van der Waals surface area contributed by atoms with E-state index in [1.165, 1.54) is 0 Å². The van der Waals surface area contributed by atoms with Crippen molar-refractivity contribution in [1.82, 2.24) is 5.32 Å². The molecule has 17 heavy (non-hydrogen) atoms. The molecule has 0 aliphatic carbocycles. The molecule has 0 spiro atoms. The number of aryl methyl sites for hydroxylation is 1. The first-order valence-electron chi connectivity index (χ1n) is 5.38. The van der Waals surface area contributed by atoms with Gasteiger partial charge >= 0.3 is 0 Å². The maximum absolute atomic E-state index is 11.3. The van der Waals surface area contributed by atoms with Gasteiger partial charge < -0.3 is 20.5 Å². The van der Waals surface area contributed by atoms with Crippen LogP contribution in [0.15, 0.2) is 18.2 Å². The normalized spacial score (nSPS) is 10.0. The molecule has 1 rings (SSSR count). The van der Waals surface area contributed by atoms with Gasteiger partial charge in [0.1, 0.15) is 5.75 Å². The van der Waals surface area contributed by atoms with Gasteiger partial charge in [-0.1, -0.05) is 6.07 Å². The zero-order valence-corrected chi connectivity index (χ0v) is 10.2. The van der Waals surface area contributed by atoms with Crippen LogP contribution in [0.25, 0.3) is 0 Å². The van der Waals surface area contributed by atoms with Crippen LogP contribution >= 0.6 is 0 Å². The van der Waals surface area contributed by atoms with Gasteiger partial charge in [-0.3, -0.25) is 4.79 Å². The van der Waals surface area contributed by atoms with Gasteiger partial charge in [-0.15, -0.1) is 0 Å². The first-order chi connectivity index (χ1) is 8.13. The number of methoxy groups -OCH3 is 1. The second-order valence-electron chi connectivity index (χ2n) is 3.65. The Morgan fingerprint density at radius 3 is 2.88 bits per heavy atom. The lowest BCUT2D eigenvalue weighted by atomic mass is 10.2. The largest absolute Gasteiger partial charge is 0.484 e. The smallest absolute Gasteiger partial charge is 0.258 e. The zero-order valence-electron chi connectivity index (χ0n) is 10.2. The van der Waals surface area contributed by atoms with Gasteiger partial charge in [0.05, 0.1) is 6.61 Å². The molecule has 1 aromatic carbocycles. The van der Waals surface area contributed by atoms with E-state index in [1.54, 1.807) is 19.2 Å². The number of nitrogens with two attached hydrogens (primary N) is 1. The summed E-state index contributed by atoms with van der Waals surface area (Å²) in [6.45, 7) is 2.86. The fraction of sp³-hybridized carbons (Fsp3) is 0.417. The van der Waals surface area contributed by atoms with E-state index in [-0.39, 0.29) is 12.5 Å². The summed E-state index contributed by atoms with van der Waals surface area (Å²) in [5.41, 5.74) is 7.37. The lowest BCUT2D eigenvalue weighted by Crippen LogP contribution is -2.31. The van der Waals surface area contributed by atoms with Crippen LogP contribution in [0.1, 0.15) is 5.56 Å². The van der Waals surface area contributed by atoms with Crippen LogP contribution in [-0.2, 0) is 9.53 Å². The Balaban J connectivity index is 2.34. The van der Waals surface area contributed by atoms with Gasteiger partial charge in [-0.25, -0.2) is 0 Å². The van der Waals surface area contributed by atoms with Crippen molar-refractivity contribution in [3.8, 4) is 5.75 Å². The van der Waals surface area contributed by atoms with Crippen LogP contribution in [0.4, 0.5) is 5.69 Å². The summed E-state index contributed by atoms with van der Waals surface area (Å²) in [6.07, 6.45) is 0. The number of ether oxygens (including phenoxy) is 2. The molecule has 5 nitrogen and oxygen atoms in total. The first-order valence-corrected chi connectivity index (χ1v) is 5.38. The Labute approximate surface area is 101 Å². The van der Waals surface area contributed by atoms with Crippen molar-refractivity contribution >= 4 is 11.6 Å². The number of hydrogen-bond acceptors (Lipinski definition) is 4. The van der Waals surface area contributed by atoms with Crippen molar-refractivity contribution < 1.29 is 14.3 Å². The summed E-state index contributed by atoms with van der Waals surface area (Å²) < 4.78 is 10.1. The third-order valence-electron chi connectivity index (χ3n) is 2.25. The Morgan fingerprint density at radius 1 is 1.47 bits per heavy atom. The van der Waals surface area contributed by atoms with Crippen LogP contribution in [0.5, 0.6) is 5.75 Å². The van der Waals surface area contributed by atoms with Gasteiger partial charge in [-0.2, -0.15) is 0 Å². The van der Waals surface area contributed by atoms with E-state index < -0.39 is 0 Å². The van der Waals surface area contributed by atoms with Crippen LogP contribution < -0.4 is 15.8 Å². The molecule has 0 aliphatic heterocycles. The van der Waals surface area contributed by atoms with E-state index in [9.17, 15) is 4.79 Å². The van der Waals surface area contributed by atoms with Crippen molar-refractivity contribution in [3.63, 3.8) is 0 Å². The van der Waals surface area contributed by atoms with Crippen LogP contribution in [0.2, 0.25) is 0 Å². The molecule has 0 heterocycles. The number of hydrogen-bond donors (Lipinski definition) is 2. The Hall–Kier alpha value is -1.75. The maximum atomic E-state index is 11.3. The molecule has 1 amide bonds. The second kappa shape index (κ2) is 6.75. The summed E-state index contributed by atoms with van der Waals surface area (Å²) in [5, 5.41) is 2.66. The van der Waals surface area contributed by atoms with E-state index in [4.69, 9.17) is 15.2 Å². The molecule has 1 aromatic rings. The topological polar surface area (TPSA) is 73.6 Å². The SMILES string of the molecule is COCCNC(=O)COc1ccc(C)c(N)c1. The fourth-order valence-corrected chi connectivity index (χ4v) is 1.20. The Bertz CT molecular complexity index is 380. The highest BCUT2D eigenvalue weighted by atomic mass is 16.5. The van der Waals surface area contributed by atoms with Gasteiger partial charge in [0, 0.05) is 25.4 Å². The van der Waals surface area contributed by atoms with E-state index in [0.717, 1.165) is 5.56 Å². The average molecular weight is 238 g/mol. The van der Waals surface area contributed by atoms with Crippen LogP contribution in [0.3, 0.4) is 0 Å². The van der Waals surface area contributed by atoms with Crippen molar-refractivity contribution in [2.45, 2.75) is 6.92 Å². The predicted molar refractivity (Wildman–Crippen MR) is 66.0 cm³/mol. The van der Waals surface area contributed by atoms with E-state index in [2.05, 4.69) is 5.32 Å². The number of carbonyl (C=O) groups is 1. The van der Waals surface area contributed by atoms with Crippen molar-refractivity contribution in [3.05, 3.63) is 23.8 Å². The highest BCUT2D eigenvalue weighted by Gasteiger charge is 2.03. The summed E-state index contributed by atoms with van der Waals surface area (Å²) in [7, 11) is 1.58. The maximum Gasteiger partial charge on any atom is 0.258 e. The minimum absolute atomic E-state index is 0.0216. The van der Waals surface area contributed by atoms with Gasteiger partial charge in [0.15, 0.2) is 6.61 Å². The van der Waals surface area contributed by atoms with E-state index in [1.807, 2.05) is 13.0 Å². The molecule has 0 saturated heterocycles. The number of carbonyl (C=O) groups excluding carboxylic acids is 1. The summed E-state index contributed by atoms with van der Waals surface area (Å²) >= 11 is 0. The minimum atomic E-state index is -0.179. The monoisotopic (exact) mass is 238 g/mol. The third kappa shape index (κ3) is 4.74. The summed E-state index contributed by atoms with van der Waals surface area (Å²) in [4.78, 5) is 11.3. The number of anilines is 1. The highest BCUT2D eigenvalue weighted by Crippen LogP contribution is 2.18. The standard InChI is InChI=1S/C12H18N2O3/c1-9-3-4-10(7-11(9)13)17-8-12(15)14-5-6-16-2/h3-4,7H,5-6,8,13H2,1-2H3,(H,14,15). The quantitative estimate of drug-likeness (QED) is 0.565. The fourth-order valence-electron chi connectivity index (χ4n) is 1.20. The molecular formula is C12H18N2O3. The lowest BCUT2D eigenvalue weighted by molar-refractivity contribution is -0.123. The van der Waals surface area contributed by atoms with Crippen molar-refractivity contribution in [2.75, 3.05) is 32.6 Å². The number of benzene rings is 1. The van der Waals surface area contributed by atoms with Crippen molar-refractivity contribution in [2.24, 2.45) is 0 Å². The molecular weight excluding hydrogens is 220 g/mol. The summed E-state index contributed by atoms with van der Waals surface area (Å²) in [6, 6.07) is 5.35. The van der Waals surface area contributed by atoms with Gasteiger partial charge in [0.25, 0.3) is 5.91 Å². The van der Waals surface area contributed by atoms with Crippen LogP contribution in [0, 0.1) is 6.92 Å². The zero-order chi connectivity index (χ0) is 12.7. The molecule has 0 aromatic heterocycles.